The maximum absolute atomic E-state index is 12.0. The molecule has 0 aromatic heterocycles. The molecule has 1 aromatic rings. The molecule has 0 radical (unpaired) electrons. The lowest BCUT2D eigenvalue weighted by Gasteiger charge is -2.19. The van der Waals surface area contributed by atoms with E-state index in [1.54, 1.807) is 24.3 Å². The number of carboxylic acid groups (broad SMARTS) is 2. The van der Waals surface area contributed by atoms with E-state index in [1.807, 2.05) is 11.4 Å². The van der Waals surface area contributed by atoms with Crippen LogP contribution in [0.1, 0.15) is 12.0 Å². The van der Waals surface area contributed by atoms with Gasteiger partial charge in [0, 0.05) is 0 Å². The molecule has 0 spiro atoms. The standard InChI is InChI=1S/C18H24N4O8/c19-11(6-10-4-2-1-3-5-10)16(27)20-8-14(24)21-13(9-23)17(28)22-12(18(29)30)7-15(25)26/h1-5,11-13,23H,6-9,19H2,(H,20,27)(H,21,24)(H,22,28)(H,25,26)(H,29,30). The minimum Gasteiger partial charge on any atom is -0.481 e. The highest BCUT2D eigenvalue weighted by atomic mass is 16.4. The van der Waals surface area contributed by atoms with E-state index in [9.17, 15) is 29.1 Å². The number of aliphatic carboxylic acids is 2. The van der Waals surface area contributed by atoms with Gasteiger partial charge in [-0.25, -0.2) is 4.79 Å². The van der Waals surface area contributed by atoms with Crippen molar-refractivity contribution in [1.82, 2.24) is 16.0 Å². The van der Waals surface area contributed by atoms with Crippen LogP contribution in [-0.2, 0) is 30.4 Å². The molecular weight excluding hydrogens is 400 g/mol. The van der Waals surface area contributed by atoms with E-state index >= 15 is 0 Å². The van der Waals surface area contributed by atoms with Gasteiger partial charge in [-0.2, -0.15) is 0 Å². The second-order valence-corrected chi connectivity index (χ2v) is 6.31. The Hall–Kier alpha value is -3.51. The summed E-state index contributed by atoms with van der Waals surface area (Å²) in [6.45, 7) is -1.42. The Morgan fingerprint density at radius 2 is 1.57 bits per heavy atom. The van der Waals surface area contributed by atoms with Gasteiger partial charge in [0.1, 0.15) is 12.1 Å². The van der Waals surface area contributed by atoms with Gasteiger partial charge in [-0.3, -0.25) is 19.2 Å². The lowest BCUT2D eigenvalue weighted by molar-refractivity contribution is -0.147. The van der Waals surface area contributed by atoms with Crippen LogP contribution in [0.2, 0.25) is 0 Å². The van der Waals surface area contributed by atoms with Crippen molar-refractivity contribution in [2.75, 3.05) is 13.2 Å². The number of nitrogens with one attached hydrogen (secondary N) is 3. The van der Waals surface area contributed by atoms with Crippen LogP contribution in [0.4, 0.5) is 0 Å². The van der Waals surface area contributed by atoms with Gasteiger partial charge < -0.3 is 37.0 Å². The molecule has 0 aliphatic heterocycles. The summed E-state index contributed by atoms with van der Waals surface area (Å²) in [5.41, 5.74) is 6.61. The van der Waals surface area contributed by atoms with Gasteiger partial charge in [0.15, 0.2) is 0 Å². The SMILES string of the molecule is NC(Cc1ccccc1)C(=O)NCC(=O)NC(CO)C(=O)NC(CC(=O)O)C(=O)O. The van der Waals surface area contributed by atoms with Crippen molar-refractivity contribution in [3.63, 3.8) is 0 Å². The molecule has 0 fully saturated rings. The third-order valence-electron chi connectivity index (χ3n) is 3.89. The van der Waals surface area contributed by atoms with E-state index < -0.39 is 67.4 Å². The molecule has 1 aromatic carbocycles. The molecule has 0 heterocycles. The summed E-state index contributed by atoms with van der Waals surface area (Å²) in [4.78, 5) is 57.6. The maximum Gasteiger partial charge on any atom is 0.326 e. The third kappa shape index (κ3) is 8.67. The van der Waals surface area contributed by atoms with Gasteiger partial charge in [-0.1, -0.05) is 30.3 Å². The molecule has 0 aliphatic carbocycles. The molecular formula is C18H24N4O8. The number of nitrogens with two attached hydrogens (primary N) is 1. The van der Waals surface area contributed by atoms with E-state index in [0.717, 1.165) is 5.56 Å². The predicted molar refractivity (Wildman–Crippen MR) is 102 cm³/mol. The summed E-state index contributed by atoms with van der Waals surface area (Å²) < 4.78 is 0. The molecule has 3 amide bonds. The van der Waals surface area contributed by atoms with E-state index in [4.69, 9.17) is 15.9 Å². The highest BCUT2D eigenvalue weighted by molar-refractivity contribution is 5.93. The lowest BCUT2D eigenvalue weighted by atomic mass is 10.1. The average molecular weight is 424 g/mol. The van der Waals surface area contributed by atoms with Gasteiger partial charge in [0.05, 0.1) is 25.6 Å². The van der Waals surface area contributed by atoms with Gasteiger partial charge in [0.25, 0.3) is 0 Å². The number of aliphatic hydroxyl groups is 1. The predicted octanol–water partition coefficient (Wildman–Crippen LogP) is -2.81. The van der Waals surface area contributed by atoms with Crippen LogP contribution >= 0.6 is 0 Å². The van der Waals surface area contributed by atoms with Crippen molar-refractivity contribution in [2.45, 2.75) is 31.0 Å². The number of hydrogen-bond acceptors (Lipinski definition) is 7. The molecule has 8 N–H and O–H groups in total. The second kappa shape index (κ2) is 12.1. The minimum atomic E-state index is -1.74. The number of hydrogen-bond donors (Lipinski definition) is 7. The summed E-state index contributed by atoms with van der Waals surface area (Å²) in [5, 5.41) is 33.2. The molecule has 30 heavy (non-hydrogen) atoms. The molecule has 1 rings (SSSR count). The van der Waals surface area contributed by atoms with Gasteiger partial charge >= 0.3 is 11.9 Å². The molecule has 12 nitrogen and oxygen atoms in total. The topological polar surface area (TPSA) is 208 Å². The minimum absolute atomic E-state index is 0.246. The molecule has 3 unspecified atom stereocenters. The Morgan fingerprint density at radius 3 is 2.10 bits per heavy atom. The Morgan fingerprint density at radius 1 is 0.933 bits per heavy atom. The van der Waals surface area contributed by atoms with Gasteiger partial charge in [-0.05, 0) is 12.0 Å². The second-order valence-electron chi connectivity index (χ2n) is 6.31. The zero-order chi connectivity index (χ0) is 22.7. The highest BCUT2D eigenvalue weighted by Crippen LogP contribution is 2.01. The van der Waals surface area contributed by atoms with E-state index in [0.29, 0.717) is 0 Å². The van der Waals surface area contributed by atoms with Crippen molar-refractivity contribution >= 4 is 29.7 Å². The number of rotatable bonds is 12. The number of carbonyl (C=O) groups is 5. The zero-order valence-corrected chi connectivity index (χ0v) is 15.9. The van der Waals surface area contributed by atoms with Crippen molar-refractivity contribution in [3.05, 3.63) is 35.9 Å². The normalized spacial score (nSPS) is 13.4. The van der Waals surface area contributed by atoms with Crippen LogP contribution in [0.15, 0.2) is 30.3 Å². The Labute approximate surface area is 171 Å². The van der Waals surface area contributed by atoms with E-state index in [-0.39, 0.29) is 6.42 Å². The van der Waals surface area contributed by atoms with E-state index in [1.165, 1.54) is 0 Å². The summed E-state index contributed by atoms with van der Waals surface area (Å²) in [7, 11) is 0. The van der Waals surface area contributed by atoms with Crippen molar-refractivity contribution < 1.29 is 39.3 Å². The third-order valence-corrected chi connectivity index (χ3v) is 3.89. The van der Waals surface area contributed by atoms with Gasteiger partial charge in [-0.15, -0.1) is 0 Å². The fraction of sp³-hybridized carbons (Fsp3) is 0.389. The summed E-state index contributed by atoms with van der Waals surface area (Å²) in [5.74, 6) is -5.58. The van der Waals surface area contributed by atoms with Crippen LogP contribution in [0, 0.1) is 0 Å². The number of benzene rings is 1. The van der Waals surface area contributed by atoms with Crippen molar-refractivity contribution in [2.24, 2.45) is 5.73 Å². The quantitative estimate of drug-likeness (QED) is 0.184. The number of carbonyl (C=O) groups excluding carboxylic acids is 3. The fourth-order valence-corrected chi connectivity index (χ4v) is 2.35. The number of amides is 3. The van der Waals surface area contributed by atoms with Crippen LogP contribution < -0.4 is 21.7 Å². The van der Waals surface area contributed by atoms with Crippen LogP contribution in [-0.4, -0.2) is 76.3 Å². The number of carboxylic acids is 2. The summed E-state index contributed by atoms with van der Waals surface area (Å²) in [6.07, 6.45) is -0.640. The van der Waals surface area contributed by atoms with Crippen molar-refractivity contribution in [1.29, 1.82) is 0 Å². The summed E-state index contributed by atoms with van der Waals surface area (Å²) in [6, 6.07) is 4.78. The molecule has 12 heteroatoms. The molecule has 0 aliphatic rings. The fourth-order valence-electron chi connectivity index (χ4n) is 2.35. The van der Waals surface area contributed by atoms with Crippen molar-refractivity contribution in [3.8, 4) is 0 Å². The first-order valence-electron chi connectivity index (χ1n) is 8.86. The Bertz CT molecular complexity index is 771. The highest BCUT2D eigenvalue weighted by Gasteiger charge is 2.28. The first-order valence-corrected chi connectivity index (χ1v) is 8.86. The molecule has 3 atom stereocenters. The zero-order valence-electron chi connectivity index (χ0n) is 15.9. The molecule has 164 valence electrons. The van der Waals surface area contributed by atoms with Gasteiger partial charge in [0.2, 0.25) is 17.7 Å². The maximum atomic E-state index is 12.0. The first-order chi connectivity index (χ1) is 14.1. The number of aliphatic hydroxyl groups excluding tert-OH is 1. The molecule has 0 bridgehead atoms. The first kappa shape index (κ1) is 24.5. The largest absolute Gasteiger partial charge is 0.481 e. The Kier molecular flexibility index (Phi) is 9.92. The monoisotopic (exact) mass is 424 g/mol. The van der Waals surface area contributed by atoms with Crippen LogP contribution in [0.25, 0.3) is 0 Å². The smallest absolute Gasteiger partial charge is 0.326 e. The lowest BCUT2D eigenvalue weighted by Crippen LogP contribution is -2.55. The summed E-state index contributed by atoms with van der Waals surface area (Å²) >= 11 is 0. The molecule has 0 saturated carbocycles. The van der Waals surface area contributed by atoms with E-state index in [2.05, 4.69) is 10.6 Å². The van der Waals surface area contributed by atoms with Crippen LogP contribution in [0.3, 0.4) is 0 Å². The van der Waals surface area contributed by atoms with Crippen LogP contribution in [0.5, 0.6) is 0 Å². The molecule has 0 saturated heterocycles. The average Bonchev–Trinajstić information content (AvgIpc) is 2.69. The Balaban J connectivity index is 2.52.